The maximum Gasteiger partial charge on any atom is 0.188 e. The summed E-state index contributed by atoms with van der Waals surface area (Å²) < 4.78 is 12.2. The maximum absolute atomic E-state index is 12.2. The molecule has 0 aliphatic rings. The molecule has 0 saturated heterocycles. The van der Waals surface area contributed by atoms with Gasteiger partial charge in [-0.15, -0.1) is 11.3 Å². The van der Waals surface area contributed by atoms with Crippen LogP contribution in [0.2, 0.25) is 5.02 Å². The fourth-order valence-corrected chi connectivity index (χ4v) is 4.13. The lowest BCUT2D eigenvalue weighted by Gasteiger charge is -2.01. The van der Waals surface area contributed by atoms with Crippen molar-refractivity contribution in [1.82, 2.24) is 15.0 Å². The van der Waals surface area contributed by atoms with Gasteiger partial charge in [-0.1, -0.05) is 23.7 Å². The second-order valence-electron chi connectivity index (χ2n) is 4.57. The lowest BCUT2D eigenvalue weighted by Crippen LogP contribution is -2.00. The van der Waals surface area contributed by atoms with Gasteiger partial charge < -0.3 is 0 Å². The molecule has 1 unspecified atom stereocenters. The number of hydrogen-bond acceptors (Lipinski definition) is 5. The van der Waals surface area contributed by atoms with Crippen LogP contribution in [0.1, 0.15) is 11.3 Å². The lowest BCUT2D eigenvalue weighted by atomic mass is 10.2. The molecule has 1 aromatic carbocycles. The largest absolute Gasteiger partial charge is 0.259 e. The Morgan fingerprint density at radius 2 is 1.95 bits per heavy atom. The van der Waals surface area contributed by atoms with Gasteiger partial charge >= 0.3 is 0 Å². The van der Waals surface area contributed by atoms with Crippen LogP contribution < -0.4 is 0 Å². The molecule has 1 atom stereocenters. The highest BCUT2D eigenvalue weighted by molar-refractivity contribution is 7.83. The zero-order valence-electron chi connectivity index (χ0n) is 11.5. The van der Waals surface area contributed by atoms with E-state index in [0.717, 1.165) is 16.3 Å². The molecule has 4 nitrogen and oxygen atoms in total. The smallest absolute Gasteiger partial charge is 0.188 e. The van der Waals surface area contributed by atoms with E-state index in [0.29, 0.717) is 22.4 Å². The van der Waals surface area contributed by atoms with E-state index in [2.05, 4.69) is 15.0 Å². The topological polar surface area (TPSA) is 55.7 Å². The molecule has 0 aliphatic heterocycles. The van der Waals surface area contributed by atoms with E-state index in [-0.39, 0.29) is 0 Å². The molecule has 3 aromatic rings. The molecule has 0 aliphatic carbocycles. The zero-order chi connectivity index (χ0) is 15.4. The monoisotopic (exact) mass is 349 g/mol. The van der Waals surface area contributed by atoms with Crippen LogP contribution in [0.3, 0.4) is 0 Å². The highest BCUT2D eigenvalue weighted by Gasteiger charge is 2.10. The van der Waals surface area contributed by atoms with Crippen molar-refractivity contribution < 1.29 is 4.21 Å². The summed E-state index contributed by atoms with van der Waals surface area (Å²) in [6.07, 6.45) is 3.36. The molecule has 0 N–H and O–H groups in total. The van der Waals surface area contributed by atoms with Gasteiger partial charge in [-0.05, 0) is 23.8 Å². The summed E-state index contributed by atoms with van der Waals surface area (Å²) in [5.74, 6) is 1.48. The second kappa shape index (κ2) is 7.09. The molecule has 2 aromatic heterocycles. The first-order valence-corrected chi connectivity index (χ1v) is 9.26. The predicted octanol–water partition coefficient (Wildman–Crippen LogP) is 3.70. The Bertz CT molecular complexity index is 792. The van der Waals surface area contributed by atoms with Crippen molar-refractivity contribution in [2.75, 3.05) is 0 Å². The Balaban J connectivity index is 1.66. The normalized spacial score (nSPS) is 12.2. The molecule has 0 spiro atoms. The minimum atomic E-state index is -1.03. The maximum atomic E-state index is 12.2. The Hall–Kier alpha value is -1.63. The van der Waals surface area contributed by atoms with Gasteiger partial charge in [-0.2, -0.15) is 0 Å². The van der Waals surface area contributed by atoms with E-state index < -0.39 is 10.8 Å². The summed E-state index contributed by atoms with van der Waals surface area (Å²) in [6, 6.07) is 9.19. The van der Waals surface area contributed by atoms with Crippen LogP contribution in [0.15, 0.2) is 48.1 Å². The highest BCUT2D eigenvalue weighted by atomic mass is 35.5. The summed E-state index contributed by atoms with van der Waals surface area (Å²) in [5.41, 5.74) is 1.76. The van der Waals surface area contributed by atoms with Crippen molar-refractivity contribution in [3.8, 4) is 10.8 Å². The third-order valence-corrected chi connectivity index (χ3v) is 5.23. The van der Waals surface area contributed by atoms with Crippen LogP contribution >= 0.6 is 22.9 Å². The summed E-state index contributed by atoms with van der Waals surface area (Å²) >= 11 is 7.40. The van der Waals surface area contributed by atoms with Crippen molar-refractivity contribution in [3.05, 3.63) is 64.4 Å². The quantitative estimate of drug-likeness (QED) is 0.704. The van der Waals surface area contributed by atoms with E-state index in [1.54, 1.807) is 24.5 Å². The number of halogens is 1. The molecule has 0 amide bonds. The average Bonchev–Trinajstić information content (AvgIpc) is 2.96. The predicted molar refractivity (Wildman–Crippen MR) is 90.1 cm³/mol. The molecular formula is C15H12ClN3OS2. The third-order valence-electron chi connectivity index (χ3n) is 2.83. The van der Waals surface area contributed by atoms with Gasteiger partial charge in [0.2, 0.25) is 0 Å². The fourth-order valence-electron chi connectivity index (χ4n) is 1.91. The second-order valence-corrected chi connectivity index (χ2v) is 7.33. The van der Waals surface area contributed by atoms with Gasteiger partial charge in [0.05, 0.1) is 11.4 Å². The summed E-state index contributed by atoms with van der Waals surface area (Å²) in [5, 5.41) is 3.31. The molecule has 0 fully saturated rings. The number of hydrogen-bond donors (Lipinski definition) is 0. The molecule has 0 radical (unpaired) electrons. The number of benzene rings is 1. The first-order chi connectivity index (χ1) is 10.7. The lowest BCUT2D eigenvalue weighted by molar-refractivity contribution is 0.681. The summed E-state index contributed by atoms with van der Waals surface area (Å²) in [7, 11) is -1.03. The highest BCUT2D eigenvalue weighted by Crippen LogP contribution is 2.21. The van der Waals surface area contributed by atoms with E-state index in [1.165, 1.54) is 11.3 Å². The van der Waals surface area contributed by atoms with Crippen molar-refractivity contribution in [1.29, 1.82) is 0 Å². The van der Waals surface area contributed by atoms with Gasteiger partial charge in [0.15, 0.2) is 10.8 Å². The number of aromatic nitrogens is 3. The van der Waals surface area contributed by atoms with Crippen LogP contribution in [-0.4, -0.2) is 19.2 Å². The Morgan fingerprint density at radius 1 is 1.14 bits per heavy atom. The van der Waals surface area contributed by atoms with E-state index in [1.807, 2.05) is 23.6 Å². The Labute approximate surface area is 139 Å². The fraction of sp³-hybridized carbons (Fsp3) is 0.133. The molecule has 112 valence electrons. The van der Waals surface area contributed by atoms with Crippen LogP contribution in [0, 0.1) is 0 Å². The standard InChI is InChI=1S/C15H12ClN3OS2/c16-12-4-1-3-11(7-12)9-22(20)10-13-8-21-15(19-13)14-17-5-2-6-18-14/h1-8H,9-10H2. The zero-order valence-corrected chi connectivity index (χ0v) is 13.9. The number of rotatable bonds is 5. The van der Waals surface area contributed by atoms with Crippen molar-refractivity contribution in [3.63, 3.8) is 0 Å². The van der Waals surface area contributed by atoms with Crippen LogP contribution in [0.25, 0.3) is 10.8 Å². The molecule has 7 heteroatoms. The van der Waals surface area contributed by atoms with Crippen LogP contribution in [0.5, 0.6) is 0 Å². The first kappa shape index (κ1) is 15.3. The summed E-state index contributed by atoms with van der Waals surface area (Å²) in [6.45, 7) is 0. The SMILES string of the molecule is O=S(Cc1cccc(Cl)c1)Cc1csc(-c2ncccn2)n1. The van der Waals surface area contributed by atoms with Crippen molar-refractivity contribution in [2.24, 2.45) is 0 Å². The van der Waals surface area contributed by atoms with Crippen molar-refractivity contribution in [2.45, 2.75) is 11.5 Å². The molecule has 3 rings (SSSR count). The van der Waals surface area contributed by atoms with Gasteiger partial charge in [0, 0.05) is 39.3 Å². The Kier molecular flexibility index (Phi) is 4.92. The van der Waals surface area contributed by atoms with Gasteiger partial charge in [-0.25, -0.2) is 15.0 Å². The molecule has 0 bridgehead atoms. The van der Waals surface area contributed by atoms with Gasteiger partial charge in [0.25, 0.3) is 0 Å². The summed E-state index contributed by atoms with van der Waals surface area (Å²) in [4.78, 5) is 12.8. The Morgan fingerprint density at radius 3 is 2.73 bits per heavy atom. The van der Waals surface area contributed by atoms with Crippen LogP contribution in [-0.2, 0) is 22.3 Å². The minimum Gasteiger partial charge on any atom is -0.259 e. The number of thiazole rings is 1. The van der Waals surface area contributed by atoms with E-state index in [4.69, 9.17) is 11.6 Å². The molecule has 2 heterocycles. The minimum absolute atomic E-state index is 0.413. The molecule has 0 saturated carbocycles. The van der Waals surface area contributed by atoms with E-state index >= 15 is 0 Å². The first-order valence-electron chi connectivity index (χ1n) is 6.52. The van der Waals surface area contributed by atoms with Gasteiger partial charge in [-0.3, -0.25) is 4.21 Å². The van der Waals surface area contributed by atoms with Crippen molar-refractivity contribution >= 4 is 33.7 Å². The third kappa shape index (κ3) is 3.97. The average molecular weight is 350 g/mol. The van der Waals surface area contributed by atoms with Crippen LogP contribution in [0.4, 0.5) is 0 Å². The van der Waals surface area contributed by atoms with E-state index in [9.17, 15) is 4.21 Å². The molecular weight excluding hydrogens is 338 g/mol. The molecule has 22 heavy (non-hydrogen) atoms. The number of nitrogens with zero attached hydrogens (tertiary/aromatic N) is 3. The van der Waals surface area contributed by atoms with Gasteiger partial charge in [0.1, 0.15) is 0 Å².